The molecule has 1 saturated heterocycles. The minimum atomic E-state index is -0.316. The highest BCUT2D eigenvalue weighted by molar-refractivity contribution is 5.73. The second kappa shape index (κ2) is 2.58. The van der Waals surface area contributed by atoms with Crippen molar-refractivity contribution in [3.05, 3.63) is 0 Å². The molecule has 58 valence electrons. The average Bonchev–Trinajstić information content (AvgIpc) is 2.14. The molecule has 0 bridgehead atoms. The number of hydrogen-bond donors (Lipinski definition) is 1. The molecule has 1 aliphatic rings. The van der Waals surface area contributed by atoms with Crippen LogP contribution in [0.1, 0.15) is 20.3 Å². The number of aliphatic hydroxyl groups excluding tert-OH is 1. The van der Waals surface area contributed by atoms with E-state index in [0.29, 0.717) is 6.54 Å². The lowest BCUT2D eigenvalue weighted by atomic mass is 10.2. The first kappa shape index (κ1) is 7.54. The molecule has 0 aromatic carbocycles. The summed E-state index contributed by atoms with van der Waals surface area (Å²) in [6, 6.07) is 0.0116. The lowest BCUT2D eigenvalue weighted by Crippen LogP contribution is -2.35. The highest BCUT2D eigenvalue weighted by atomic mass is 16.3. The average molecular weight is 143 g/mol. The molecule has 0 aromatic rings. The van der Waals surface area contributed by atoms with Crippen molar-refractivity contribution in [1.82, 2.24) is 4.90 Å². The van der Waals surface area contributed by atoms with E-state index in [4.69, 9.17) is 0 Å². The van der Waals surface area contributed by atoms with Gasteiger partial charge in [-0.2, -0.15) is 0 Å². The van der Waals surface area contributed by atoms with Crippen LogP contribution in [0.2, 0.25) is 0 Å². The molecule has 0 aromatic heterocycles. The Morgan fingerprint density at radius 3 is 2.50 bits per heavy atom. The van der Waals surface area contributed by atoms with Crippen LogP contribution in [0.4, 0.5) is 0 Å². The van der Waals surface area contributed by atoms with Crippen molar-refractivity contribution in [2.24, 2.45) is 0 Å². The maximum Gasteiger partial charge on any atom is 0.219 e. The van der Waals surface area contributed by atoms with Gasteiger partial charge in [0.15, 0.2) is 0 Å². The second-order valence-corrected chi connectivity index (χ2v) is 2.81. The van der Waals surface area contributed by atoms with E-state index in [1.165, 1.54) is 6.92 Å². The summed E-state index contributed by atoms with van der Waals surface area (Å²) in [5, 5.41) is 9.22. The largest absolute Gasteiger partial charge is 0.391 e. The molecule has 1 N–H and O–H groups in total. The predicted molar refractivity (Wildman–Crippen MR) is 37.5 cm³/mol. The van der Waals surface area contributed by atoms with E-state index < -0.39 is 0 Å². The molecule has 1 heterocycles. The topological polar surface area (TPSA) is 40.5 Å². The Bertz CT molecular complexity index is 147. The number of likely N-dealkylation sites (tertiary alicyclic amines) is 1. The van der Waals surface area contributed by atoms with Gasteiger partial charge in [0.1, 0.15) is 0 Å². The highest BCUT2D eigenvalue weighted by Crippen LogP contribution is 2.16. The van der Waals surface area contributed by atoms with E-state index in [-0.39, 0.29) is 18.1 Å². The van der Waals surface area contributed by atoms with Crippen LogP contribution in [-0.4, -0.2) is 34.6 Å². The first-order chi connectivity index (χ1) is 4.63. The Labute approximate surface area is 60.6 Å². The Hall–Kier alpha value is -0.570. The van der Waals surface area contributed by atoms with Gasteiger partial charge in [-0.25, -0.2) is 0 Å². The second-order valence-electron chi connectivity index (χ2n) is 2.81. The molecule has 0 spiro atoms. The predicted octanol–water partition coefficient (Wildman–Crippen LogP) is -0.0120. The fourth-order valence-electron chi connectivity index (χ4n) is 1.37. The lowest BCUT2D eigenvalue weighted by Gasteiger charge is -2.20. The van der Waals surface area contributed by atoms with Crippen LogP contribution in [0.5, 0.6) is 0 Å². The molecule has 0 unspecified atom stereocenters. The maximum absolute atomic E-state index is 10.8. The molecule has 0 aliphatic carbocycles. The van der Waals surface area contributed by atoms with Crippen LogP contribution in [-0.2, 0) is 4.79 Å². The minimum absolute atomic E-state index is 0.0116. The summed E-state index contributed by atoms with van der Waals surface area (Å²) in [5.41, 5.74) is 0. The number of aliphatic hydroxyl groups is 1. The van der Waals surface area contributed by atoms with Crippen molar-refractivity contribution in [1.29, 1.82) is 0 Å². The molecule has 2 atom stereocenters. The first-order valence-electron chi connectivity index (χ1n) is 3.58. The van der Waals surface area contributed by atoms with Crippen molar-refractivity contribution in [3.63, 3.8) is 0 Å². The van der Waals surface area contributed by atoms with Gasteiger partial charge in [-0.1, -0.05) is 0 Å². The number of carbonyl (C=O) groups is 1. The van der Waals surface area contributed by atoms with Crippen LogP contribution >= 0.6 is 0 Å². The van der Waals surface area contributed by atoms with Gasteiger partial charge in [-0.05, 0) is 13.3 Å². The van der Waals surface area contributed by atoms with Gasteiger partial charge in [0, 0.05) is 13.5 Å². The van der Waals surface area contributed by atoms with Gasteiger partial charge in [0.05, 0.1) is 12.1 Å². The van der Waals surface area contributed by atoms with E-state index in [9.17, 15) is 9.90 Å². The molecule has 1 amide bonds. The number of hydrogen-bond acceptors (Lipinski definition) is 2. The molecule has 3 nitrogen and oxygen atoms in total. The zero-order valence-electron chi connectivity index (χ0n) is 6.37. The van der Waals surface area contributed by atoms with E-state index in [2.05, 4.69) is 0 Å². The summed E-state index contributed by atoms with van der Waals surface area (Å²) in [5.74, 6) is 0.0593. The molecule has 10 heavy (non-hydrogen) atoms. The van der Waals surface area contributed by atoms with Crippen LogP contribution in [0, 0.1) is 0 Å². The van der Waals surface area contributed by atoms with E-state index in [1.807, 2.05) is 6.92 Å². The zero-order valence-corrected chi connectivity index (χ0v) is 6.37. The Morgan fingerprint density at radius 1 is 1.70 bits per heavy atom. The molecular formula is C7H13NO2. The van der Waals surface area contributed by atoms with E-state index in [0.717, 1.165) is 6.42 Å². The van der Waals surface area contributed by atoms with Crippen LogP contribution < -0.4 is 0 Å². The monoisotopic (exact) mass is 143 g/mol. The Balaban J connectivity index is 2.57. The molecule has 1 rings (SSSR count). The van der Waals surface area contributed by atoms with Crippen molar-refractivity contribution < 1.29 is 9.90 Å². The maximum atomic E-state index is 10.8. The quantitative estimate of drug-likeness (QED) is 0.518. The van der Waals surface area contributed by atoms with Crippen molar-refractivity contribution in [3.8, 4) is 0 Å². The third kappa shape index (κ3) is 1.14. The third-order valence-corrected chi connectivity index (χ3v) is 2.12. The van der Waals surface area contributed by atoms with Crippen molar-refractivity contribution in [2.75, 3.05) is 6.54 Å². The van der Waals surface area contributed by atoms with Gasteiger partial charge in [-0.3, -0.25) is 4.79 Å². The summed E-state index contributed by atoms with van der Waals surface area (Å²) in [4.78, 5) is 12.5. The smallest absolute Gasteiger partial charge is 0.219 e. The van der Waals surface area contributed by atoms with Crippen molar-refractivity contribution >= 4 is 5.91 Å². The fourth-order valence-corrected chi connectivity index (χ4v) is 1.37. The molecule has 1 fully saturated rings. The van der Waals surface area contributed by atoms with Gasteiger partial charge in [0.2, 0.25) is 5.91 Å². The van der Waals surface area contributed by atoms with Crippen LogP contribution in [0.3, 0.4) is 0 Å². The molecule has 3 heteroatoms. The van der Waals surface area contributed by atoms with Crippen LogP contribution in [0.15, 0.2) is 0 Å². The number of amides is 1. The Morgan fingerprint density at radius 2 is 2.30 bits per heavy atom. The van der Waals surface area contributed by atoms with Crippen molar-refractivity contribution in [2.45, 2.75) is 32.4 Å². The molecular weight excluding hydrogens is 130 g/mol. The summed E-state index contributed by atoms with van der Waals surface area (Å²) in [6.45, 7) is 4.12. The van der Waals surface area contributed by atoms with Gasteiger partial charge < -0.3 is 10.0 Å². The normalized spacial score (nSPS) is 32.9. The Kier molecular flexibility index (Phi) is 1.94. The highest BCUT2D eigenvalue weighted by Gasteiger charge is 2.30. The van der Waals surface area contributed by atoms with E-state index >= 15 is 0 Å². The first-order valence-corrected chi connectivity index (χ1v) is 3.58. The van der Waals surface area contributed by atoms with Gasteiger partial charge >= 0.3 is 0 Å². The number of carbonyl (C=O) groups excluding carboxylic acids is 1. The van der Waals surface area contributed by atoms with E-state index in [1.54, 1.807) is 4.90 Å². The molecule has 0 radical (unpaired) electrons. The standard InChI is InChI=1S/C7H13NO2/c1-5-7(10)3-4-8(5)6(2)9/h5,7,10H,3-4H2,1-2H3/t5-,7-/m1/s1. The summed E-state index contributed by atoms with van der Waals surface area (Å²) in [7, 11) is 0. The number of rotatable bonds is 0. The fraction of sp³-hybridized carbons (Fsp3) is 0.857. The van der Waals surface area contributed by atoms with Crippen LogP contribution in [0.25, 0.3) is 0 Å². The SMILES string of the molecule is CC(=O)N1CC[C@@H](O)[C@H]1C. The summed E-state index contributed by atoms with van der Waals surface area (Å²) >= 11 is 0. The lowest BCUT2D eigenvalue weighted by molar-refractivity contribution is -0.130. The van der Waals surface area contributed by atoms with Gasteiger partial charge in [-0.15, -0.1) is 0 Å². The molecule has 0 saturated carbocycles. The van der Waals surface area contributed by atoms with Gasteiger partial charge in [0.25, 0.3) is 0 Å². The summed E-state index contributed by atoms with van der Waals surface area (Å²) < 4.78 is 0. The third-order valence-electron chi connectivity index (χ3n) is 2.12. The zero-order chi connectivity index (χ0) is 7.72. The summed E-state index contributed by atoms with van der Waals surface area (Å²) in [6.07, 6.45) is 0.407. The number of nitrogens with zero attached hydrogens (tertiary/aromatic N) is 1. The minimum Gasteiger partial charge on any atom is -0.391 e. The molecule has 1 aliphatic heterocycles.